The highest BCUT2D eigenvalue weighted by atomic mass is 19.3. The summed E-state index contributed by atoms with van der Waals surface area (Å²) in [6, 6.07) is 3.26. The molecule has 1 aromatic rings. The fourth-order valence-electron chi connectivity index (χ4n) is 2.07. The molecule has 1 aliphatic carbocycles. The summed E-state index contributed by atoms with van der Waals surface area (Å²) in [5.74, 6) is 0.388. The van der Waals surface area contributed by atoms with Crippen LogP contribution in [0.2, 0.25) is 0 Å². The molecule has 0 spiro atoms. The van der Waals surface area contributed by atoms with Crippen LogP contribution in [0, 0.1) is 16.0 Å². The number of alkyl halides is 2. The molecule has 0 aromatic heterocycles. The van der Waals surface area contributed by atoms with Crippen LogP contribution in [0.15, 0.2) is 18.2 Å². The first-order chi connectivity index (χ1) is 9.01. The molecule has 0 saturated heterocycles. The zero-order valence-electron chi connectivity index (χ0n) is 10.1. The quantitative estimate of drug-likeness (QED) is 0.660. The third-order valence-corrected chi connectivity index (χ3v) is 3.26. The predicted molar refractivity (Wildman–Crippen MR) is 64.2 cm³/mol. The minimum atomic E-state index is -2.81. The van der Waals surface area contributed by atoms with E-state index in [-0.39, 0.29) is 17.5 Å². The van der Waals surface area contributed by atoms with Gasteiger partial charge in [-0.05, 0) is 31.4 Å². The summed E-state index contributed by atoms with van der Waals surface area (Å²) in [4.78, 5) is 9.86. The van der Waals surface area contributed by atoms with Gasteiger partial charge in [-0.3, -0.25) is 10.1 Å². The van der Waals surface area contributed by atoms with Gasteiger partial charge in [-0.25, -0.2) is 8.78 Å². The number of nitrogens with two attached hydrogens (primary N) is 1. The highest BCUT2D eigenvalue weighted by molar-refractivity contribution is 5.44. The van der Waals surface area contributed by atoms with Crippen LogP contribution in [0.3, 0.4) is 0 Å². The van der Waals surface area contributed by atoms with Crippen LogP contribution in [-0.4, -0.2) is 17.6 Å². The van der Waals surface area contributed by atoms with E-state index in [9.17, 15) is 18.9 Å². The van der Waals surface area contributed by atoms with Crippen molar-refractivity contribution in [1.29, 1.82) is 0 Å². The molecule has 7 heteroatoms. The number of nitro benzene ring substituents is 1. The molecule has 0 aliphatic heterocycles. The molecule has 1 aromatic carbocycles. The molecule has 0 heterocycles. The lowest BCUT2D eigenvalue weighted by Crippen LogP contribution is -2.37. The molecular formula is C12H14F2N2O3. The van der Waals surface area contributed by atoms with E-state index in [0.717, 1.165) is 18.9 Å². The summed E-state index contributed by atoms with van der Waals surface area (Å²) in [5.41, 5.74) is 4.67. The number of nitrogens with zero attached hydrogens (tertiary/aromatic N) is 1. The molecule has 2 rings (SSSR count). The Kier molecular flexibility index (Phi) is 3.94. The number of nitro groups is 1. The van der Waals surface area contributed by atoms with Gasteiger partial charge in [0.1, 0.15) is 5.75 Å². The molecule has 104 valence electrons. The minimum absolute atomic E-state index is 0.0149. The Bertz CT molecular complexity index is 476. The van der Waals surface area contributed by atoms with Crippen molar-refractivity contribution in [2.75, 3.05) is 6.54 Å². The van der Waals surface area contributed by atoms with E-state index in [0.29, 0.717) is 12.5 Å². The summed E-state index contributed by atoms with van der Waals surface area (Å²) in [6.07, 6.45) is -1.47. The normalized spacial score (nSPS) is 22.1. The van der Waals surface area contributed by atoms with E-state index in [1.54, 1.807) is 0 Å². The number of hydrogen-bond donors (Lipinski definition) is 1. The summed E-state index contributed by atoms with van der Waals surface area (Å²) in [6.45, 7) is 0.557. The van der Waals surface area contributed by atoms with Crippen molar-refractivity contribution in [3.8, 4) is 5.75 Å². The lowest BCUT2D eigenvalue weighted by Gasteiger charge is -2.34. The zero-order chi connectivity index (χ0) is 14.0. The van der Waals surface area contributed by atoms with E-state index in [2.05, 4.69) is 0 Å². The Balaban J connectivity index is 2.13. The van der Waals surface area contributed by atoms with E-state index < -0.39 is 16.9 Å². The first kappa shape index (κ1) is 13.7. The van der Waals surface area contributed by atoms with E-state index in [1.165, 1.54) is 12.1 Å². The SMILES string of the molecule is NCC1CC(Oc2ccc([N+](=O)[O-])cc2C(F)F)C1. The first-order valence-corrected chi connectivity index (χ1v) is 5.94. The molecule has 1 saturated carbocycles. The van der Waals surface area contributed by atoms with Crippen molar-refractivity contribution in [3.63, 3.8) is 0 Å². The van der Waals surface area contributed by atoms with Crippen molar-refractivity contribution in [1.82, 2.24) is 0 Å². The smallest absolute Gasteiger partial charge is 0.270 e. The van der Waals surface area contributed by atoms with E-state index >= 15 is 0 Å². The van der Waals surface area contributed by atoms with Crippen LogP contribution in [0.4, 0.5) is 14.5 Å². The van der Waals surface area contributed by atoms with Crippen LogP contribution in [-0.2, 0) is 0 Å². The Morgan fingerprint density at radius 3 is 2.68 bits per heavy atom. The average molecular weight is 272 g/mol. The molecule has 1 aliphatic rings. The Labute approximate surface area is 108 Å². The molecule has 19 heavy (non-hydrogen) atoms. The van der Waals surface area contributed by atoms with Gasteiger partial charge in [-0.1, -0.05) is 0 Å². The summed E-state index contributed by atoms with van der Waals surface area (Å²) >= 11 is 0. The summed E-state index contributed by atoms with van der Waals surface area (Å²) in [7, 11) is 0. The monoisotopic (exact) mass is 272 g/mol. The molecule has 0 unspecified atom stereocenters. The van der Waals surface area contributed by atoms with Crippen molar-refractivity contribution < 1.29 is 18.4 Å². The van der Waals surface area contributed by atoms with Crippen LogP contribution in [0.25, 0.3) is 0 Å². The maximum absolute atomic E-state index is 12.9. The van der Waals surface area contributed by atoms with Gasteiger partial charge in [0.15, 0.2) is 0 Å². The summed E-state index contributed by atoms with van der Waals surface area (Å²) in [5, 5.41) is 10.6. The highest BCUT2D eigenvalue weighted by Crippen LogP contribution is 2.36. The number of benzene rings is 1. The number of non-ortho nitro benzene ring substituents is 1. The van der Waals surface area contributed by atoms with Gasteiger partial charge in [0, 0.05) is 12.1 Å². The first-order valence-electron chi connectivity index (χ1n) is 5.94. The van der Waals surface area contributed by atoms with Crippen LogP contribution >= 0.6 is 0 Å². The predicted octanol–water partition coefficient (Wildman–Crippen LogP) is 2.65. The molecule has 2 N–H and O–H groups in total. The van der Waals surface area contributed by atoms with Gasteiger partial charge in [-0.2, -0.15) is 0 Å². The van der Waals surface area contributed by atoms with Crippen LogP contribution in [0.1, 0.15) is 24.8 Å². The van der Waals surface area contributed by atoms with Crippen molar-refractivity contribution in [2.24, 2.45) is 11.7 Å². The maximum atomic E-state index is 12.9. The molecule has 5 nitrogen and oxygen atoms in total. The topological polar surface area (TPSA) is 78.4 Å². The van der Waals surface area contributed by atoms with Gasteiger partial charge in [0.25, 0.3) is 12.1 Å². The third-order valence-electron chi connectivity index (χ3n) is 3.26. The second-order valence-corrected chi connectivity index (χ2v) is 4.59. The summed E-state index contributed by atoms with van der Waals surface area (Å²) < 4.78 is 31.2. The van der Waals surface area contributed by atoms with Gasteiger partial charge < -0.3 is 10.5 Å². The van der Waals surface area contributed by atoms with Crippen LogP contribution in [0.5, 0.6) is 5.75 Å². The third kappa shape index (κ3) is 2.98. The van der Waals surface area contributed by atoms with Crippen molar-refractivity contribution in [3.05, 3.63) is 33.9 Å². The average Bonchev–Trinajstić information content (AvgIpc) is 2.32. The van der Waals surface area contributed by atoms with Crippen molar-refractivity contribution >= 4 is 5.69 Å². The zero-order valence-corrected chi connectivity index (χ0v) is 10.1. The molecule has 0 radical (unpaired) electrons. The Morgan fingerprint density at radius 2 is 2.16 bits per heavy atom. The van der Waals surface area contributed by atoms with E-state index in [4.69, 9.17) is 10.5 Å². The van der Waals surface area contributed by atoms with E-state index in [1.807, 2.05) is 0 Å². The fraction of sp³-hybridized carbons (Fsp3) is 0.500. The molecule has 0 bridgehead atoms. The second-order valence-electron chi connectivity index (χ2n) is 4.59. The second kappa shape index (κ2) is 5.48. The Morgan fingerprint density at radius 1 is 1.47 bits per heavy atom. The van der Waals surface area contributed by atoms with Gasteiger partial charge >= 0.3 is 0 Å². The largest absolute Gasteiger partial charge is 0.490 e. The number of halogens is 2. The molecule has 1 fully saturated rings. The van der Waals surface area contributed by atoms with Gasteiger partial charge in [0.2, 0.25) is 0 Å². The molecule has 0 atom stereocenters. The van der Waals surface area contributed by atoms with Gasteiger partial charge in [-0.15, -0.1) is 0 Å². The fourth-order valence-corrected chi connectivity index (χ4v) is 2.07. The standard InChI is InChI=1S/C12H14F2N2O3/c13-12(14)10-5-8(16(17)18)1-2-11(10)19-9-3-7(4-9)6-15/h1-2,5,7,9,12H,3-4,6,15H2. The molecular weight excluding hydrogens is 258 g/mol. The minimum Gasteiger partial charge on any atom is -0.490 e. The molecule has 0 amide bonds. The van der Waals surface area contributed by atoms with Crippen LogP contribution < -0.4 is 10.5 Å². The highest BCUT2D eigenvalue weighted by Gasteiger charge is 2.31. The Hall–Kier alpha value is -1.76. The maximum Gasteiger partial charge on any atom is 0.270 e. The number of rotatable bonds is 5. The number of hydrogen-bond acceptors (Lipinski definition) is 4. The van der Waals surface area contributed by atoms with Gasteiger partial charge in [0.05, 0.1) is 16.6 Å². The lowest BCUT2D eigenvalue weighted by molar-refractivity contribution is -0.385. The number of ether oxygens (including phenoxy) is 1. The lowest BCUT2D eigenvalue weighted by atomic mass is 9.82. The van der Waals surface area contributed by atoms with Crippen molar-refractivity contribution in [2.45, 2.75) is 25.4 Å².